The van der Waals surface area contributed by atoms with Gasteiger partial charge in [-0.3, -0.25) is 0 Å². The second kappa shape index (κ2) is 4.81. The first kappa shape index (κ1) is 11.4. The maximum absolute atomic E-state index is 3.80. The van der Waals surface area contributed by atoms with Gasteiger partial charge in [-0.05, 0) is 16.1 Å². The zero-order valence-corrected chi connectivity index (χ0v) is 10.9. The van der Waals surface area contributed by atoms with Crippen LogP contribution in [0.3, 0.4) is 0 Å². The van der Waals surface area contributed by atoms with Crippen molar-refractivity contribution in [3.05, 3.63) is 66.3 Å². The standard InChI is InChI=1S/C14H12Si2/c15-13-8-4-5-10-14(13,16)11-9-12-6-2-1-3-7-12/h1-11,13H. The van der Waals surface area contributed by atoms with Gasteiger partial charge in [0.2, 0.25) is 0 Å². The highest BCUT2D eigenvalue weighted by Gasteiger charge is 2.24. The van der Waals surface area contributed by atoms with E-state index < -0.39 is 0 Å². The van der Waals surface area contributed by atoms with Crippen LogP contribution in [-0.2, 0) is 0 Å². The first-order valence-corrected chi connectivity index (χ1v) is 6.35. The summed E-state index contributed by atoms with van der Waals surface area (Å²) in [6, 6.07) is 10.3. The fraction of sp³-hybridized carbons (Fsp3) is 0.143. The highest BCUT2D eigenvalue weighted by molar-refractivity contribution is 6.27. The summed E-state index contributed by atoms with van der Waals surface area (Å²) in [7, 11) is 7.50. The zero-order chi connectivity index (χ0) is 11.4. The van der Waals surface area contributed by atoms with Crippen molar-refractivity contribution >= 4 is 26.6 Å². The smallest absolute Gasteiger partial charge is 0.0431 e. The fourth-order valence-corrected chi connectivity index (χ4v) is 2.19. The molecule has 1 aliphatic carbocycles. The Morgan fingerprint density at radius 3 is 2.56 bits per heavy atom. The number of rotatable bonds is 2. The Labute approximate surface area is 104 Å². The maximum atomic E-state index is 3.80. The Morgan fingerprint density at radius 1 is 1.12 bits per heavy atom. The first-order valence-electron chi connectivity index (χ1n) is 5.27. The summed E-state index contributed by atoms with van der Waals surface area (Å²) in [4.78, 5) is 0. The highest BCUT2D eigenvalue weighted by atomic mass is 28.2. The van der Waals surface area contributed by atoms with Crippen LogP contribution < -0.4 is 0 Å². The van der Waals surface area contributed by atoms with Crippen molar-refractivity contribution in [3.8, 4) is 0 Å². The molecule has 0 spiro atoms. The van der Waals surface area contributed by atoms with Crippen LogP contribution in [0.25, 0.3) is 6.08 Å². The summed E-state index contributed by atoms with van der Waals surface area (Å²) in [6.07, 6.45) is 12.7. The fourth-order valence-electron chi connectivity index (χ4n) is 1.61. The van der Waals surface area contributed by atoms with E-state index in [1.807, 2.05) is 24.3 Å². The second-order valence-corrected chi connectivity index (χ2v) is 5.39. The summed E-state index contributed by atoms with van der Waals surface area (Å²) >= 11 is 0. The minimum atomic E-state index is -0.137. The quantitative estimate of drug-likeness (QED) is 0.692. The van der Waals surface area contributed by atoms with E-state index in [-0.39, 0.29) is 10.6 Å². The summed E-state index contributed by atoms with van der Waals surface area (Å²) in [5, 5.41) is -0.137. The molecule has 0 nitrogen and oxygen atoms in total. The van der Waals surface area contributed by atoms with E-state index in [0.717, 1.165) is 0 Å². The van der Waals surface area contributed by atoms with Crippen molar-refractivity contribution in [3.63, 3.8) is 0 Å². The molecule has 2 heteroatoms. The molecule has 1 aliphatic rings. The van der Waals surface area contributed by atoms with Gasteiger partial charge in [-0.25, -0.2) is 0 Å². The monoisotopic (exact) mass is 236 g/mol. The third kappa shape index (κ3) is 2.51. The summed E-state index contributed by atoms with van der Waals surface area (Å²) in [5.74, 6) is 0. The Morgan fingerprint density at radius 2 is 1.88 bits per heavy atom. The molecule has 0 N–H and O–H groups in total. The van der Waals surface area contributed by atoms with Crippen LogP contribution in [0, 0.1) is 0 Å². The van der Waals surface area contributed by atoms with Gasteiger partial charge in [-0.1, -0.05) is 66.8 Å². The van der Waals surface area contributed by atoms with Crippen molar-refractivity contribution in [2.75, 3.05) is 0 Å². The second-order valence-electron chi connectivity index (χ2n) is 3.90. The zero-order valence-electron chi connectivity index (χ0n) is 8.93. The molecule has 0 saturated carbocycles. The molecule has 0 fully saturated rings. The van der Waals surface area contributed by atoms with E-state index >= 15 is 0 Å². The van der Waals surface area contributed by atoms with Crippen LogP contribution in [0.4, 0.5) is 0 Å². The maximum Gasteiger partial charge on any atom is 0.0431 e. The van der Waals surface area contributed by atoms with Crippen LogP contribution >= 0.6 is 0 Å². The third-order valence-corrected chi connectivity index (χ3v) is 4.26. The Hall–Kier alpha value is -1.13. The lowest BCUT2D eigenvalue weighted by Crippen LogP contribution is -2.15. The molecule has 1 aromatic carbocycles. The van der Waals surface area contributed by atoms with Gasteiger partial charge >= 0.3 is 0 Å². The Balaban J connectivity index is 2.18. The largest absolute Gasteiger partial charge is 0.0841 e. The summed E-state index contributed by atoms with van der Waals surface area (Å²) in [5.41, 5.74) is 1.48. The lowest BCUT2D eigenvalue weighted by molar-refractivity contribution is 0.848. The van der Waals surface area contributed by atoms with Crippen molar-refractivity contribution in [2.45, 2.75) is 10.6 Å². The molecule has 1 aromatic rings. The van der Waals surface area contributed by atoms with Gasteiger partial charge in [0.25, 0.3) is 0 Å². The number of allylic oxidation sites excluding steroid dienone is 5. The van der Waals surface area contributed by atoms with E-state index in [1.165, 1.54) is 5.56 Å². The van der Waals surface area contributed by atoms with Gasteiger partial charge < -0.3 is 0 Å². The molecule has 0 heterocycles. The predicted octanol–water partition coefficient (Wildman–Crippen LogP) is 3.11. The average molecular weight is 236 g/mol. The Kier molecular flexibility index (Phi) is 3.41. The average Bonchev–Trinajstić information content (AvgIpc) is 2.32. The van der Waals surface area contributed by atoms with Crippen molar-refractivity contribution < 1.29 is 0 Å². The first-order chi connectivity index (χ1) is 7.71. The predicted molar refractivity (Wildman–Crippen MR) is 71.7 cm³/mol. The van der Waals surface area contributed by atoms with Crippen molar-refractivity contribution in [1.29, 1.82) is 0 Å². The number of hydrogen-bond donors (Lipinski definition) is 0. The van der Waals surface area contributed by atoms with Gasteiger partial charge in [0.05, 0.1) is 0 Å². The number of benzene rings is 1. The van der Waals surface area contributed by atoms with Crippen LogP contribution in [0.5, 0.6) is 0 Å². The lowest BCUT2D eigenvalue weighted by Gasteiger charge is -2.29. The van der Waals surface area contributed by atoms with Crippen molar-refractivity contribution in [1.82, 2.24) is 0 Å². The summed E-state index contributed by atoms with van der Waals surface area (Å²) in [6.45, 7) is 0. The van der Waals surface area contributed by atoms with Crippen LogP contribution in [0.15, 0.2) is 60.7 Å². The molecule has 76 valence electrons. The molecule has 0 aromatic heterocycles. The molecule has 0 aliphatic heterocycles. The third-order valence-electron chi connectivity index (χ3n) is 2.65. The van der Waals surface area contributed by atoms with E-state index in [9.17, 15) is 0 Å². The molecule has 2 atom stereocenters. The van der Waals surface area contributed by atoms with Crippen LogP contribution in [0.1, 0.15) is 5.56 Å². The Bertz CT molecular complexity index is 431. The van der Waals surface area contributed by atoms with Gasteiger partial charge in [-0.2, -0.15) is 0 Å². The summed E-state index contributed by atoms with van der Waals surface area (Å²) < 4.78 is 0. The van der Waals surface area contributed by atoms with E-state index in [2.05, 4.69) is 63.0 Å². The van der Waals surface area contributed by atoms with Gasteiger partial charge in [-0.15, -0.1) is 0 Å². The SMILES string of the molecule is [Si]C1C=CC=CC1([Si])C=Cc1ccccc1. The lowest BCUT2D eigenvalue weighted by atomic mass is 9.97. The van der Waals surface area contributed by atoms with E-state index in [4.69, 9.17) is 0 Å². The molecule has 0 amide bonds. The van der Waals surface area contributed by atoms with E-state index in [0.29, 0.717) is 0 Å². The molecule has 0 saturated heterocycles. The normalized spacial score (nSPS) is 28.8. The van der Waals surface area contributed by atoms with Crippen LogP contribution in [-0.4, -0.2) is 20.5 Å². The van der Waals surface area contributed by atoms with Gasteiger partial charge in [0, 0.05) is 20.5 Å². The van der Waals surface area contributed by atoms with Crippen LogP contribution in [0.2, 0.25) is 10.6 Å². The minimum Gasteiger partial charge on any atom is -0.0841 e. The molecule has 6 radical (unpaired) electrons. The van der Waals surface area contributed by atoms with E-state index in [1.54, 1.807) is 0 Å². The highest BCUT2D eigenvalue weighted by Crippen LogP contribution is 2.41. The molecule has 2 rings (SSSR count). The number of hydrogen-bond acceptors (Lipinski definition) is 0. The van der Waals surface area contributed by atoms with Gasteiger partial charge in [0.15, 0.2) is 0 Å². The molecular weight excluding hydrogens is 224 g/mol. The minimum absolute atomic E-state index is 0.137. The molecular formula is C14H12Si2. The topological polar surface area (TPSA) is 0 Å². The van der Waals surface area contributed by atoms with Gasteiger partial charge in [0.1, 0.15) is 0 Å². The molecule has 2 unspecified atom stereocenters. The molecule has 0 bridgehead atoms. The van der Waals surface area contributed by atoms with Crippen molar-refractivity contribution in [2.24, 2.45) is 0 Å². The molecule has 16 heavy (non-hydrogen) atoms.